The van der Waals surface area contributed by atoms with E-state index >= 15 is 0 Å². The van der Waals surface area contributed by atoms with Crippen LogP contribution in [0.15, 0.2) is 30.3 Å². The van der Waals surface area contributed by atoms with Crippen molar-refractivity contribution < 1.29 is 19.1 Å². The second-order valence-corrected chi connectivity index (χ2v) is 6.93. The van der Waals surface area contributed by atoms with Crippen molar-refractivity contribution >= 4 is 28.2 Å². The first kappa shape index (κ1) is 20.0. The van der Waals surface area contributed by atoms with Crippen LogP contribution in [0.1, 0.15) is 47.5 Å². The molecule has 5 nitrogen and oxygen atoms in total. The zero-order valence-corrected chi connectivity index (χ0v) is 16.3. The molecule has 140 valence electrons. The molecule has 0 aliphatic heterocycles. The van der Waals surface area contributed by atoms with Gasteiger partial charge in [0.15, 0.2) is 0 Å². The summed E-state index contributed by atoms with van der Waals surface area (Å²) >= 11 is 1.42. The van der Waals surface area contributed by atoms with Gasteiger partial charge in [0.2, 0.25) is 5.91 Å². The van der Waals surface area contributed by atoms with E-state index in [0.717, 1.165) is 22.6 Å². The molecule has 0 spiro atoms. The molecule has 1 N–H and O–H groups in total. The summed E-state index contributed by atoms with van der Waals surface area (Å²) in [6, 6.07) is 9.58. The number of esters is 1. The van der Waals surface area contributed by atoms with Crippen molar-refractivity contribution in [2.45, 2.75) is 40.0 Å². The number of carbonyl (C=O) groups is 2. The molecule has 0 unspecified atom stereocenters. The fourth-order valence-electron chi connectivity index (χ4n) is 2.39. The Morgan fingerprint density at radius 3 is 2.65 bits per heavy atom. The number of rotatable bonds is 9. The van der Waals surface area contributed by atoms with Crippen LogP contribution in [0, 0.1) is 6.92 Å². The van der Waals surface area contributed by atoms with Crippen molar-refractivity contribution in [1.29, 1.82) is 0 Å². The Labute approximate surface area is 158 Å². The van der Waals surface area contributed by atoms with Gasteiger partial charge in [0, 0.05) is 11.3 Å². The summed E-state index contributed by atoms with van der Waals surface area (Å²) in [6.07, 6.45) is 1.73. The number of hydrogen-bond acceptors (Lipinski definition) is 5. The van der Waals surface area contributed by atoms with Gasteiger partial charge >= 0.3 is 5.97 Å². The minimum absolute atomic E-state index is 0.131. The van der Waals surface area contributed by atoms with E-state index < -0.39 is 5.97 Å². The average molecular weight is 375 g/mol. The number of amides is 1. The fourth-order valence-corrected chi connectivity index (χ4v) is 3.39. The lowest BCUT2D eigenvalue weighted by Gasteiger charge is -2.09. The second-order valence-electron chi connectivity index (χ2n) is 5.80. The lowest BCUT2D eigenvalue weighted by atomic mass is 10.2. The lowest BCUT2D eigenvalue weighted by molar-refractivity contribution is -0.116. The van der Waals surface area contributed by atoms with Gasteiger partial charge in [0.1, 0.15) is 10.8 Å². The third-order valence-corrected chi connectivity index (χ3v) is 4.97. The van der Waals surface area contributed by atoms with Crippen LogP contribution in [-0.4, -0.2) is 25.1 Å². The molecule has 0 bridgehead atoms. The van der Waals surface area contributed by atoms with Gasteiger partial charge in [0.25, 0.3) is 0 Å². The molecular weight excluding hydrogens is 350 g/mol. The summed E-state index contributed by atoms with van der Waals surface area (Å²) < 4.78 is 10.8. The SMILES string of the molecule is CCOC(=O)c1cc(CC)sc1NC(=O)CCCOc1ccccc1C. The molecule has 0 aliphatic rings. The Morgan fingerprint density at radius 1 is 1.19 bits per heavy atom. The molecule has 26 heavy (non-hydrogen) atoms. The molecular formula is C20H25NO4S. The summed E-state index contributed by atoms with van der Waals surface area (Å²) in [6.45, 7) is 6.53. The highest BCUT2D eigenvalue weighted by Gasteiger charge is 2.18. The minimum Gasteiger partial charge on any atom is -0.493 e. The Kier molecular flexibility index (Phi) is 7.66. The molecule has 1 amide bonds. The fraction of sp³-hybridized carbons (Fsp3) is 0.400. The van der Waals surface area contributed by atoms with Gasteiger partial charge < -0.3 is 14.8 Å². The van der Waals surface area contributed by atoms with Crippen molar-refractivity contribution in [3.63, 3.8) is 0 Å². The van der Waals surface area contributed by atoms with Gasteiger partial charge in [-0.25, -0.2) is 4.79 Å². The first-order valence-electron chi connectivity index (χ1n) is 8.83. The first-order chi connectivity index (χ1) is 12.5. The molecule has 0 radical (unpaired) electrons. The summed E-state index contributed by atoms with van der Waals surface area (Å²) in [7, 11) is 0. The van der Waals surface area contributed by atoms with E-state index in [1.54, 1.807) is 13.0 Å². The molecule has 2 rings (SSSR count). The number of ether oxygens (including phenoxy) is 2. The molecule has 0 saturated carbocycles. The predicted octanol–water partition coefficient (Wildman–Crippen LogP) is 4.59. The molecule has 0 fully saturated rings. The van der Waals surface area contributed by atoms with Gasteiger partial charge in [-0.15, -0.1) is 11.3 Å². The van der Waals surface area contributed by atoms with E-state index in [1.807, 2.05) is 38.1 Å². The summed E-state index contributed by atoms with van der Waals surface area (Å²) in [5, 5.41) is 3.40. The second kappa shape index (κ2) is 9.97. The molecule has 0 saturated heterocycles. The van der Waals surface area contributed by atoms with E-state index in [4.69, 9.17) is 9.47 Å². The Balaban J connectivity index is 1.86. The van der Waals surface area contributed by atoms with Crippen LogP contribution >= 0.6 is 11.3 Å². The van der Waals surface area contributed by atoms with Gasteiger partial charge in [-0.05, 0) is 44.4 Å². The number of benzene rings is 1. The lowest BCUT2D eigenvalue weighted by Crippen LogP contribution is -2.14. The van der Waals surface area contributed by atoms with Crippen LogP contribution in [0.5, 0.6) is 5.75 Å². The highest BCUT2D eigenvalue weighted by atomic mass is 32.1. The van der Waals surface area contributed by atoms with Crippen LogP contribution in [0.25, 0.3) is 0 Å². The number of anilines is 1. The maximum Gasteiger partial charge on any atom is 0.341 e. The highest BCUT2D eigenvalue weighted by molar-refractivity contribution is 7.16. The Morgan fingerprint density at radius 2 is 1.96 bits per heavy atom. The maximum absolute atomic E-state index is 12.2. The van der Waals surface area contributed by atoms with E-state index in [1.165, 1.54) is 11.3 Å². The van der Waals surface area contributed by atoms with Crippen LogP contribution in [-0.2, 0) is 16.0 Å². The summed E-state index contributed by atoms with van der Waals surface area (Å²) in [4.78, 5) is 25.3. The van der Waals surface area contributed by atoms with Crippen LogP contribution in [0.2, 0.25) is 0 Å². The minimum atomic E-state index is -0.401. The zero-order valence-electron chi connectivity index (χ0n) is 15.5. The van der Waals surface area contributed by atoms with Crippen LogP contribution in [0.4, 0.5) is 5.00 Å². The molecule has 1 aromatic heterocycles. The van der Waals surface area contributed by atoms with Crippen molar-refractivity contribution in [3.05, 3.63) is 46.3 Å². The smallest absolute Gasteiger partial charge is 0.341 e. The third-order valence-electron chi connectivity index (χ3n) is 3.78. The highest BCUT2D eigenvalue weighted by Crippen LogP contribution is 2.29. The number of thiophene rings is 1. The largest absolute Gasteiger partial charge is 0.493 e. The molecule has 1 heterocycles. The molecule has 0 aliphatic carbocycles. The van der Waals surface area contributed by atoms with Crippen molar-refractivity contribution in [1.82, 2.24) is 0 Å². The number of nitrogens with one attached hydrogen (secondary N) is 1. The topological polar surface area (TPSA) is 64.6 Å². The quantitative estimate of drug-likeness (QED) is 0.514. The summed E-state index contributed by atoms with van der Waals surface area (Å²) in [5.74, 6) is 0.304. The third kappa shape index (κ3) is 5.59. The van der Waals surface area contributed by atoms with E-state index in [9.17, 15) is 9.59 Å². The average Bonchev–Trinajstić information content (AvgIpc) is 3.03. The standard InChI is InChI=1S/C20H25NO4S/c1-4-15-13-16(20(23)24-5-2)19(26-15)21-18(22)11-8-12-25-17-10-7-6-9-14(17)3/h6-7,9-10,13H,4-5,8,11-12H2,1-3H3,(H,21,22). The zero-order chi connectivity index (χ0) is 18.9. The van der Waals surface area contributed by atoms with E-state index in [2.05, 4.69) is 5.32 Å². The molecule has 6 heteroatoms. The Hall–Kier alpha value is -2.34. The van der Waals surface area contributed by atoms with Crippen LogP contribution in [0.3, 0.4) is 0 Å². The van der Waals surface area contributed by atoms with Crippen molar-refractivity contribution in [2.24, 2.45) is 0 Å². The van der Waals surface area contributed by atoms with E-state index in [-0.39, 0.29) is 5.91 Å². The number of hydrogen-bond donors (Lipinski definition) is 1. The van der Waals surface area contributed by atoms with Gasteiger partial charge in [-0.3, -0.25) is 4.79 Å². The summed E-state index contributed by atoms with van der Waals surface area (Å²) in [5.41, 5.74) is 1.50. The van der Waals surface area contributed by atoms with Gasteiger partial charge in [0.05, 0.1) is 18.8 Å². The molecule has 1 aromatic carbocycles. The number of carbonyl (C=O) groups excluding carboxylic acids is 2. The first-order valence-corrected chi connectivity index (χ1v) is 9.64. The molecule has 2 aromatic rings. The number of aryl methyl sites for hydroxylation is 2. The van der Waals surface area contributed by atoms with E-state index in [0.29, 0.717) is 36.6 Å². The van der Waals surface area contributed by atoms with Crippen molar-refractivity contribution in [3.8, 4) is 5.75 Å². The molecule has 0 atom stereocenters. The number of para-hydroxylation sites is 1. The normalized spacial score (nSPS) is 10.4. The van der Waals surface area contributed by atoms with Gasteiger partial charge in [-0.1, -0.05) is 25.1 Å². The van der Waals surface area contributed by atoms with Crippen LogP contribution < -0.4 is 10.1 Å². The van der Waals surface area contributed by atoms with Gasteiger partial charge in [-0.2, -0.15) is 0 Å². The maximum atomic E-state index is 12.2. The monoisotopic (exact) mass is 375 g/mol. The van der Waals surface area contributed by atoms with Crippen molar-refractivity contribution in [2.75, 3.05) is 18.5 Å². The predicted molar refractivity (Wildman–Crippen MR) is 104 cm³/mol. The Bertz CT molecular complexity index is 754.